The molecule has 2 aliphatic rings. The molecule has 8 heteroatoms. The van der Waals surface area contributed by atoms with Gasteiger partial charge in [0.05, 0.1) is 38.1 Å². The van der Waals surface area contributed by atoms with Crippen molar-refractivity contribution in [1.29, 1.82) is 0 Å². The number of hydrogen-bond donors (Lipinski definition) is 2. The predicted molar refractivity (Wildman–Crippen MR) is 112 cm³/mol. The van der Waals surface area contributed by atoms with Crippen LogP contribution in [0, 0.1) is 5.41 Å². The topological polar surface area (TPSA) is 94.6 Å². The number of nitrogens with zero attached hydrogens (tertiary/aromatic N) is 2. The van der Waals surface area contributed by atoms with Crippen molar-refractivity contribution in [2.45, 2.75) is 45.1 Å². The van der Waals surface area contributed by atoms with E-state index >= 15 is 0 Å². The summed E-state index contributed by atoms with van der Waals surface area (Å²) < 4.78 is 17.1. The fourth-order valence-corrected chi connectivity index (χ4v) is 3.65. The first-order chi connectivity index (χ1) is 14.3. The zero-order valence-corrected chi connectivity index (χ0v) is 17.7. The van der Waals surface area contributed by atoms with Crippen LogP contribution in [0.15, 0.2) is 36.5 Å². The lowest BCUT2D eigenvalue weighted by atomic mass is 9.94. The molecule has 1 aromatic heterocycles. The van der Waals surface area contributed by atoms with Crippen LogP contribution in [0.2, 0.25) is 0 Å². The first-order valence-electron chi connectivity index (χ1n) is 10.1. The Kier molecular flexibility index (Phi) is 5.62. The molecule has 2 aliphatic heterocycles. The van der Waals surface area contributed by atoms with E-state index in [-0.39, 0.29) is 30.2 Å². The van der Waals surface area contributed by atoms with Crippen LogP contribution in [0.1, 0.15) is 20.8 Å². The van der Waals surface area contributed by atoms with Crippen molar-refractivity contribution in [3.63, 3.8) is 0 Å². The average molecular weight is 412 g/mol. The number of carbonyl (C=O) groups is 1. The molecule has 4 atom stereocenters. The Morgan fingerprint density at radius 1 is 1.07 bits per heavy atom. The summed E-state index contributed by atoms with van der Waals surface area (Å²) in [7, 11) is 1.64. The molecular formula is C22H28N4O4. The lowest BCUT2D eigenvalue weighted by Gasteiger charge is -2.23. The number of ether oxygens (including phenoxy) is 3. The SMILES string of the molecule is COc1ccc(-c2ccnc(N[C@H]3CO[C@H]4[C@H]3OC[C@H]4NC(=O)C(C)(C)C)n2)cc1. The molecule has 1 aromatic carbocycles. The number of amides is 1. The molecule has 30 heavy (non-hydrogen) atoms. The van der Waals surface area contributed by atoms with E-state index < -0.39 is 5.41 Å². The van der Waals surface area contributed by atoms with Crippen molar-refractivity contribution in [2.24, 2.45) is 5.41 Å². The van der Waals surface area contributed by atoms with Crippen molar-refractivity contribution in [2.75, 3.05) is 25.6 Å². The largest absolute Gasteiger partial charge is 0.497 e. The van der Waals surface area contributed by atoms with Crippen LogP contribution in [0.3, 0.4) is 0 Å². The van der Waals surface area contributed by atoms with Crippen molar-refractivity contribution < 1.29 is 19.0 Å². The first kappa shape index (κ1) is 20.6. The Balaban J connectivity index is 1.41. The number of hydrogen-bond acceptors (Lipinski definition) is 7. The molecule has 0 aliphatic carbocycles. The molecule has 1 amide bonds. The minimum Gasteiger partial charge on any atom is -0.497 e. The van der Waals surface area contributed by atoms with E-state index in [4.69, 9.17) is 14.2 Å². The summed E-state index contributed by atoms with van der Waals surface area (Å²) >= 11 is 0. The van der Waals surface area contributed by atoms with E-state index in [2.05, 4.69) is 20.6 Å². The average Bonchev–Trinajstić information content (AvgIpc) is 3.31. The molecule has 160 valence electrons. The van der Waals surface area contributed by atoms with Crippen molar-refractivity contribution in [3.05, 3.63) is 36.5 Å². The van der Waals surface area contributed by atoms with Gasteiger partial charge < -0.3 is 24.8 Å². The van der Waals surface area contributed by atoms with E-state index in [0.717, 1.165) is 17.0 Å². The maximum Gasteiger partial charge on any atom is 0.225 e. The van der Waals surface area contributed by atoms with Gasteiger partial charge in [0.2, 0.25) is 11.9 Å². The number of rotatable bonds is 5. The van der Waals surface area contributed by atoms with Gasteiger partial charge in [0, 0.05) is 17.2 Å². The minimum atomic E-state index is -0.454. The monoisotopic (exact) mass is 412 g/mol. The lowest BCUT2D eigenvalue weighted by Crippen LogP contribution is -2.48. The highest BCUT2D eigenvalue weighted by Gasteiger charge is 2.48. The van der Waals surface area contributed by atoms with Gasteiger partial charge in [-0.25, -0.2) is 9.97 Å². The number of anilines is 1. The molecule has 2 N–H and O–H groups in total. The van der Waals surface area contributed by atoms with E-state index in [1.165, 1.54) is 0 Å². The second kappa shape index (κ2) is 8.20. The van der Waals surface area contributed by atoms with Gasteiger partial charge >= 0.3 is 0 Å². The molecule has 2 aromatic rings. The summed E-state index contributed by atoms with van der Waals surface area (Å²) in [4.78, 5) is 21.3. The molecule has 0 unspecified atom stereocenters. The molecule has 0 bridgehead atoms. The molecule has 0 spiro atoms. The standard InChI is InChI=1S/C22H28N4O4/c1-22(2,3)20(27)24-16-11-29-19-17(12-30-18(16)19)26-21-23-10-9-15(25-21)13-5-7-14(28-4)8-6-13/h5-10,16-19H,11-12H2,1-4H3,(H,24,27)(H,23,25,26)/t16-,17+,18-,19+/m1/s1. The van der Waals surface area contributed by atoms with Gasteiger partial charge in [-0.3, -0.25) is 4.79 Å². The number of nitrogens with one attached hydrogen (secondary N) is 2. The van der Waals surface area contributed by atoms with Crippen LogP contribution in [-0.2, 0) is 14.3 Å². The number of benzene rings is 1. The summed E-state index contributed by atoms with van der Waals surface area (Å²) in [6, 6.07) is 9.35. The van der Waals surface area contributed by atoms with Gasteiger partial charge in [0.25, 0.3) is 0 Å². The van der Waals surface area contributed by atoms with Gasteiger partial charge in [-0.05, 0) is 30.3 Å². The van der Waals surface area contributed by atoms with Gasteiger partial charge in [-0.2, -0.15) is 0 Å². The smallest absolute Gasteiger partial charge is 0.225 e. The minimum absolute atomic E-state index is 0.00714. The third-order valence-electron chi connectivity index (χ3n) is 5.41. The van der Waals surface area contributed by atoms with E-state index in [1.54, 1.807) is 13.3 Å². The van der Waals surface area contributed by atoms with Crippen molar-refractivity contribution in [3.8, 4) is 17.0 Å². The number of aromatic nitrogens is 2. The summed E-state index contributed by atoms with van der Waals surface area (Å²) in [5.74, 6) is 1.31. The predicted octanol–water partition coefficient (Wildman–Crippen LogP) is 2.26. The molecule has 4 rings (SSSR count). The van der Waals surface area contributed by atoms with E-state index in [9.17, 15) is 4.79 Å². The van der Waals surface area contributed by atoms with E-state index in [0.29, 0.717) is 19.2 Å². The summed E-state index contributed by atoms with van der Waals surface area (Å²) in [6.07, 6.45) is 1.38. The molecule has 0 saturated carbocycles. The van der Waals surface area contributed by atoms with E-state index in [1.807, 2.05) is 51.1 Å². The summed E-state index contributed by atoms with van der Waals surface area (Å²) in [5.41, 5.74) is 1.33. The zero-order chi connectivity index (χ0) is 21.3. The number of carbonyl (C=O) groups excluding carboxylic acids is 1. The highest BCUT2D eigenvalue weighted by Crippen LogP contribution is 2.30. The van der Waals surface area contributed by atoms with Crippen LogP contribution in [0.4, 0.5) is 5.95 Å². The normalized spacial score (nSPS) is 25.6. The summed E-state index contributed by atoms with van der Waals surface area (Å²) in [6.45, 7) is 6.57. The maximum absolute atomic E-state index is 12.3. The van der Waals surface area contributed by atoms with Crippen LogP contribution >= 0.6 is 0 Å². The Morgan fingerprint density at radius 3 is 2.40 bits per heavy atom. The molecule has 3 heterocycles. The Morgan fingerprint density at radius 2 is 1.73 bits per heavy atom. The Labute approximate surface area is 176 Å². The van der Waals surface area contributed by atoms with Crippen LogP contribution < -0.4 is 15.4 Å². The highest BCUT2D eigenvalue weighted by atomic mass is 16.6. The van der Waals surface area contributed by atoms with Crippen LogP contribution in [-0.4, -0.2) is 60.5 Å². The maximum atomic E-state index is 12.3. The molecule has 2 fully saturated rings. The molecule has 2 saturated heterocycles. The van der Waals surface area contributed by atoms with Gasteiger partial charge in [-0.15, -0.1) is 0 Å². The van der Waals surface area contributed by atoms with Gasteiger partial charge in [0.15, 0.2) is 0 Å². The highest BCUT2D eigenvalue weighted by molar-refractivity contribution is 5.81. The third kappa shape index (κ3) is 4.24. The van der Waals surface area contributed by atoms with Crippen molar-refractivity contribution in [1.82, 2.24) is 15.3 Å². The quantitative estimate of drug-likeness (QED) is 0.778. The fourth-order valence-electron chi connectivity index (χ4n) is 3.65. The Hall–Kier alpha value is -2.71. The number of fused-ring (bicyclic) bond motifs is 1. The Bertz CT molecular complexity index is 897. The van der Waals surface area contributed by atoms with Crippen LogP contribution in [0.5, 0.6) is 5.75 Å². The second-order valence-corrected chi connectivity index (χ2v) is 8.67. The lowest BCUT2D eigenvalue weighted by molar-refractivity contribution is -0.129. The van der Waals surface area contributed by atoms with Crippen LogP contribution in [0.25, 0.3) is 11.3 Å². The summed E-state index contributed by atoms with van der Waals surface area (Å²) in [5, 5.41) is 6.40. The first-order valence-corrected chi connectivity index (χ1v) is 10.1. The zero-order valence-electron chi connectivity index (χ0n) is 17.7. The van der Waals surface area contributed by atoms with Gasteiger partial charge in [-0.1, -0.05) is 20.8 Å². The molecular weight excluding hydrogens is 384 g/mol. The van der Waals surface area contributed by atoms with Crippen molar-refractivity contribution >= 4 is 11.9 Å². The number of methoxy groups -OCH3 is 1. The third-order valence-corrected chi connectivity index (χ3v) is 5.41. The molecule has 0 radical (unpaired) electrons. The second-order valence-electron chi connectivity index (χ2n) is 8.67. The fraction of sp³-hybridized carbons (Fsp3) is 0.500. The van der Waals surface area contributed by atoms with Gasteiger partial charge in [0.1, 0.15) is 18.0 Å². The molecule has 8 nitrogen and oxygen atoms in total.